The molecule has 0 bridgehead atoms. The molecular formula is C30H34FN3O. The van der Waals surface area contributed by atoms with Gasteiger partial charge in [-0.25, -0.2) is 4.39 Å². The van der Waals surface area contributed by atoms with Crippen LogP contribution in [0.2, 0.25) is 0 Å². The lowest BCUT2D eigenvalue weighted by atomic mass is 9.96. The molecule has 2 aliphatic heterocycles. The minimum absolute atomic E-state index is 0.000740. The summed E-state index contributed by atoms with van der Waals surface area (Å²) >= 11 is 0. The van der Waals surface area contributed by atoms with Gasteiger partial charge in [0.25, 0.3) is 0 Å². The minimum Gasteiger partial charge on any atom is -0.352 e. The number of fused-ring (bicyclic) bond motifs is 1. The minimum atomic E-state index is -0.213. The Bertz CT molecular complexity index is 1150. The van der Waals surface area contributed by atoms with Crippen molar-refractivity contribution in [2.75, 3.05) is 19.6 Å². The first-order valence-corrected chi connectivity index (χ1v) is 12.7. The van der Waals surface area contributed by atoms with Crippen molar-refractivity contribution in [3.05, 3.63) is 106 Å². The zero-order valence-electron chi connectivity index (χ0n) is 20.3. The first kappa shape index (κ1) is 23.7. The Morgan fingerprint density at radius 1 is 0.857 bits per heavy atom. The van der Waals surface area contributed by atoms with Gasteiger partial charge in [0.05, 0.1) is 5.92 Å². The van der Waals surface area contributed by atoms with E-state index in [4.69, 9.17) is 0 Å². The lowest BCUT2D eigenvalue weighted by Gasteiger charge is -2.32. The van der Waals surface area contributed by atoms with Crippen LogP contribution in [0.1, 0.15) is 40.7 Å². The van der Waals surface area contributed by atoms with Crippen LogP contribution in [0.5, 0.6) is 0 Å². The van der Waals surface area contributed by atoms with E-state index in [1.165, 1.54) is 28.8 Å². The number of carbonyl (C=O) groups excluding carboxylic acids is 1. The summed E-state index contributed by atoms with van der Waals surface area (Å²) < 4.78 is 13.2. The van der Waals surface area contributed by atoms with Gasteiger partial charge in [0, 0.05) is 39.3 Å². The molecule has 1 fully saturated rings. The Labute approximate surface area is 207 Å². The summed E-state index contributed by atoms with van der Waals surface area (Å²) in [6, 6.07) is 24.0. The van der Waals surface area contributed by atoms with E-state index in [-0.39, 0.29) is 17.6 Å². The molecule has 1 amide bonds. The molecule has 0 radical (unpaired) electrons. The average Bonchev–Trinajstić information content (AvgIpc) is 2.89. The summed E-state index contributed by atoms with van der Waals surface area (Å²) in [5, 5.41) is 3.18. The van der Waals surface area contributed by atoms with Crippen molar-refractivity contribution in [2.45, 2.75) is 45.4 Å². The summed E-state index contributed by atoms with van der Waals surface area (Å²) in [5.41, 5.74) is 6.43. The van der Waals surface area contributed by atoms with E-state index in [0.29, 0.717) is 6.54 Å². The molecule has 1 saturated heterocycles. The third-order valence-electron chi connectivity index (χ3n) is 7.27. The standard InChI is InChI=1S/C30H34FN3O/c31-29-12-10-23(11-13-29)19-33-15-4-9-28(22-33)30(35)32-18-24-5-3-6-25(17-24)20-34-16-14-26-7-1-2-8-27(26)21-34/h1-3,5-8,10-13,17,28H,4,9,14-16,18-22H2,(H,32,35). The van der Waals surface area contributed by atoms with Gasteiger partial charge in [-0.05, 0) is 65.8 Å². The molecule has 4 nitrogen and oxygen atoms in total. The van der Waals surface area contributed by atoms with Crippen molar-refractivity contribution in [3.8, 4) is 0 Å². The van der Waals surface area contributed by atoms with E-state index in [2.05, 4.69) is 63.6 Å². The van der Waals surface area contributed by atoms with Gasteiger partial charge < -0.3 is 5.32 Å². The second-order valence-corrected chi connectivity index (χ2v) is 9.97. The number of carbonyl (C=O) groups is 1. The second-order valence-electron chi connectivity index (χ2n) is 9.97. The molecule has 0 saturated carbocycles. The van der Waals surface area contributed by atoms with Crippen LogP contribution in [0.4, 0.5) is 4.39 Å². The molecule has 3 aromatic rings. The third-order valence-corrected chi connectivity index (χ3v) is 7.27. The maximum atomic E-state index is 13.2. The van der Waals surface area contributed by atoms with Crippen LogP contribution in [-0.4, -0.2) is 35.3 Å². The van der Waals surface area contributed by atoms with Crippen molar-refractivity contribution < 1.29 is 9.18 Å². The van der Waals surface area contributed by atoms with E-state index in [1.807, 2.05) is 12.1 Å². The third kappa shape index (κ3) is 6.36. The zero-order valence-corrected chi connectivity index (χ0v) is 20.3. The maximum Gasteiger partial charge on any atom is 0.224 e. The van der Waals surface area contributed by atoms with Gasteiger partial charge in [-0.1, -0.05) is 60.7 Å². The van der Waals surface area contributed by atoms with Gasteiger partial charge in [-0.2, -0.15) is 0 Å². The van der Waals surface area contributed by atoms with Gasteiger partial charge in [0.2, 0.25) is 5.91 Å². The number of nitrogens with one attached hydrogen (secondary N) is 1. The van der Waals surface area contributed by atoms with Crippen molar-refractivity contribution in [1.29, 1.82) is 0 Å². The van der Waals surface area contributed by atoms with Crippen LogP contribution in [-0.2, 0) is 37.4 Å². The quantitative estimate of drug-likeness (QED) is 0.532. The number of nitrogens with zero attached hydrogens (tertiary/aromatic N) is 2. The summed E-state index contributed by atoms with van der Waals surface area (Å²) in [6.45, 7) is 6.04. The van der Waals surface area contributed by atoms with Gasteiger partial charge in [-0.15, -0.1) is 0 Å². The number of halogens is 1. The largest absolute Gasteiger partial charge is 0.352 e. The first-order valence-electron chi connectivity index (χ1n) is 12.7. The summed E-state index contributed by atoms with van der Waals surface area (Å²) in [7, 11) is 0. The molecule has 5 heteroatoms. The highest BCUT2D eigenvalue weighted by Crippen LogP contribution is 2.21. The number of amides is 1. The number of benzene rings is 3. The molecule has 2 heterocycles. The Hall–Kier alpha value is -3.02. The van der Waals surface area contributed by atoms with E-state index >= 15 is 0 Å². The molecule has 0 aromatic heterocycles. The number of piperidine rings is 1. The smallest absolute Gasteiger partial charge is 0.224 e. The number of likely N-dealkylation sites (tertiary alicyclic amines) is 1. The molecule has 0 spiro atoms. The fourth-order valence-electron chi connectivity index (χ4n) is 5.38. The van der Waals surface area contributed by atoms with Crippen LogP contribution in [0.15, 0.2) is 72.8 Å². The zero-order chi connectivity index (χ0) is 24.0. The van der Waals surface area contributed by atoms with Crippen LogP contribution in [0, 0.1) is 11.7 Å². The highest BCUT2D eigenvalue weighted by Gasteiger charge is 2.25. The number of hydrogen-bond acceptors (Lipinski definition) is 3. The second kappa shape index (κ2) is 11.1. The van der Waals surface area contributed by atoms with Crippen LogP contribution >= 0.6 is 0 Å². The van der Waals surface area contributed by atoms with Crippen LogP contribution in [0.3, 0.4) is 0 Å². The van der Waals surface area contributed by atoms with Gasteiger partial charge in [0.15, 0.2) is 0 Å². The molecule has 3 aromatic carbocycles. The summed E-state index contributed by atoms with van der Waals surface area (Å²) in [5.74, 6) is -0.0809. The fourth-order valence-corrected chi connectivity index (χ4v) is 5.38. The molecule has 1 atom stereocenters. The lowest BCUT2D eigenvalue weighted by Crippen LogP contribution is -2.42. The lowest BCUT2D eigenvalue weighted by molar-refractivity contribution is -0.126. The van der Waals surface area contributed by atoms with E-state index in [1.54, 1.807) is 0 Å². The first-order chi connectivity index (χ1) is 17.1. The Balaban J connectivity index is 1.12. The normalized spacial score (nSPS) is 18.7. The molecule has 1 unspecified atom stereocenters. The molecule has 0 aliphatic carbocycles. The molecular weight excluding hydrogens is 437 g/mol. The highest BCUT2D eigenvalue weighted by molar-refractivity contribution is 5.79. The van der Waals surface area contributed by atoms with Crippen molar-refractivity contribution in [3.63, 3.8) is 0 Å². The van der Waals surface area contributed by atoms with E-state index in [9.17, 15) is 9.18 Å². The van der Waals surface area contributed by atoms with E-state index < -0.39 is 0 Å². The van der Waals surface area contributed by atoms with E-state index in [0.717, 1.165) is 69.7 Å². The monoisotopic (exact) mass is 471 g/mol. The van der Waals surface area contributed by atoms with Crippen molar-refractivity contribution in [2.24, 2.45) is 5.92 Å². The molecule has 2 aliphatic rings. The average molecular weight is 472 g/mol. The molecule has 182 valence electrons. The molecule has 1 N–H and O–H groups in total. The van der Waals surface area contributed by atoms with Gasteiger partial charge in [-0.3, -0.25) is 14.6 Å². The van der Waals surface area contributed by atoms with Crippen LogP contribution < -0.4 is 5.32 Å². The van der Waals surface area contributed by atoms with Gasteiger partial charge >= 0.3 is 0 Å². The Morgan fingerprint density at radius 2 is 1.63 bits per heavy atom. The predicted octanol–water partition coefficient (Wildman–Crippen LogP) is 4.91. The predicted molar refractivity (Wildman–Crippen MR) is 137 cm³/mol. The highest BCUT2D eigenvalue weighted by atomic mass is 19.1. The van der Waals surface area contributed by atoms with Crippen molar-refractivity contribution in [1.82, 2.24) is 15.1 Å². The fraction of sp³-hybridized carbons (Fsp3) is 0.367. The number of hydrogen-bond donors (Lipinski definition) is 1. The van der Waals surface area contributed by atoms with Crippen LogP contribution in [0.25, 0.3) is 0 Å². The van der Waals surface area contributed by atoms with Gasteiger partial charge in [0.1, 0.15) is 5.82 Å². The van der Waals surface area contributed by atoms with Crippen molar-refractivity contribution >= 4 is 5.91 Å². The Kier molecular flexibility index (Phi) is 7.55. The topological polar surface area (TPSA) is 35.6 Å². The Morgan fingerprint density at radius 3 is 2.49 bits per heavy atom. The SMILES string of the molecule is O=C(NCc1cccc(CN2CCc3ccccc3C2)c1)C1CCCN(Cc2ccc(F)cc2)C1. The molecule has 5 rings (SSSR count). The summed E-state index contributed by atoms with van der Waals surface area (Å²) in [4.78, 5) is 17.7. The summed E-state index contributed by atoms with van der Waals surface area (Å²) in [6.07, 6.45) is 3.03. The maximum absolute atomic E-state index is 13.2. The molecule has 35 heavy (non-hydrogen) atoms. The number of rotatable bonds is 7.